The fraction of sp³-hybridized carbons (Fsp3) is 0.0714. The number of benzene rings is 2. The number of anilines is 1. The van der Waals surface area contributed by atoms with Crippen LogP contribution < -0.4 is 5.73 Å². The molecule has 0 aromatic heterocycles. The normalized spacial score (nSPS) is 10.2. The van der Waals surface area contributed by atoms with Crippen LogP contribution in [-0.2, 0) is 6.42 Å². The van der Waals surface area contributed by atoms with E-state index in [4.69, 9.17) is 5.73 Å². The third-order valence-corrected chi connectivity index (χ3v) is 2.41. The highest BCUT2D eigenvalue weighted by Gasteiger charge is 1.95. The van der Waals surface area contributed by atoms with Gasteiger partial charge in [-0.05, 0) is 42.2 Å². The summed E-state index contributed by atoms with van der Waals surface area (Å²) in [5.41, 5.74) is 10.1. The zero-order valence-corrected chi connectivity index (χ0v) is 8.61. The van der Waals surface area contributed by atoms with Gasteiger partial charge in [0.05, 0.1) is 0 Å². The molecule has 15 heavy (non-hydrogen) atoms. The molecule has 0 spiro atoms. The van der Waals surface area contributed by atoms with E-state index >= 15 is 0 Å². The molecular weight excluding hydrogens is 182 g/mol. The second-order valence-electron chi connectivity index (χ2n) is 3.73. The number of hydrogen-bond donors (Lipinski definition) is 1. The Hall–Kier alpha value is -1.76. The summed E-state index contributed by atoms with van der Waals surface area (Å²) in [7, 11) is 0. The lowest BCUT2D eigenvalue weighted by molar-refractivity contribution is 1.19. The van der Waals surface area contributed by atoms with E-state index in [0.29, 0.717) is 0 Å². The van der Waals surface area contributed by atoms with Crippen LogP contribution in [0.4, 0.5) is 5.69 Å². The van der Waals surface area contributed by atoms with Gasteiger partial charge in [0.25, 0.3) is 0 Å². The second kappa shape index (κ2) is 4.18. The van der Waals surface area contributed by atoms with Crippen molar-refractivity contribution in [2.75, 3.05) is 5.73 Å². The topological polar surface area (TPSA) is 26.0 Å². The summed E-state index contributed by atoms with van der Waals surface area (Å²) in [4.78, 5) is 0. The van der Waals surface area contributed by atoms with E-state index in [1.54, 1.807) is 0 Å². The van der Waals surface area contributed by atoms with Gasteiger partial charge in [-0.3, -0.25) is 0 Å². The van der Waals surface area contributed by atoms with Crippen LogP contribution in [0.5, 0.6) is 0 Å². The summed E-state index contributed by atoms with van der Waals surface area (Å²) in [5, 5.41) is 0. The first-order valence-corrected chi connectivity index (χ1v) is 4.99. The molecule has 0 aliphatic heterocycles. The number of nitrogen functional groups attached to an aromatic ring is 1. The van der Waals surface area contributed by atoms with Crippen molar-refractivity contribution >= 4 is 5.69 Å². The molecular formula is C14H14N. The van der Waals surface area contributed by atoms with E-state index in [1.165, 1.54) is 11.1 Å². The molecule has 2 N–H and O–H groups in total. The van der Waals surface area contributed by atoms with E-state index in [9.17, 15) is 0 Å². The quantitative estimate of drug-likeness (QED) is 0.734. The van der Waals surface area contributed by atoms with E-state index in [-0.39, 0.29) is 0 Å². The Morgan fingerprint density at radius 3 is 1.80 bits per heavy atom. The molecule has 1 radical (unpaired) electrons. The van der Waals surface area contributed by atoms with Crippen molar-refractivity contribution in [1.29, 1.82) is 0 Å². The molecule has 1 heteroatoms. The van der Waals surface area contributed by atoms with Crippen LogP contribution >= 0.6 is 0 Å². The first-order chi connectivity index (χ1) is 7.24. The minimum absolute atomic E-state index is 0.812. The summed E-state index contributed by atoms with van der Waals surface area (Å²) in [6, 6.07) is 16.3. The highest BCUT2D eigenvalue weighted by Crippen LogP contribution is 2.12. The second-order valence-corrected chi connectivity index (χ2v) is 3.73. The first-order valence-electron chi connectivity index (χ1n) is 4.99. The third-order valence-electron chi connectivity index (χ3n) is 2.41. The number of nitrogens with two attached hydrogens (primary N) is 1. The molecule has 0 saturated heterocycles. The van der Waals surface area contributed by atoms with E-state index in [0.717, 1.165) is 17.7 Å². The first kappa shape index (κ1) is 9.78. The molecule has 0 heterocycles. The van der Waals surface area contributed by atoms with Gasteiger partial charge in [0.2, 0.25) is 0 Å². The molecule has 0 aliphatic rings. The Morgan fingerprint density at radius 1 is 0.800 bits per heavy atom. The van der Waals surface area contributed by atoms with Crippen LogP contribution in [0.3, 0.4) is 0 Å². The van der Waals surface area contributed by atoms with Crippen molar-refractivity contribution in [2.45, 2.75) is 6.42 Å². The van der Waals surface area contributed by atoms with Crippen LogP contribution in [0.1, 0.15) is 16.7 Å². The van der Waals surface area contributed by atoms with E-state index in [2.05, 4.69) is 31.2 Å². The standard InChI is InChI=1S/C14H14N/c1-11-2-4-12(5-3-11)10-13-6-8-14(15)9-7-13/h2-9H,1,10,15H2. The van der Waals surface area contributed by atoms with Crippen molar-refractivity contribution in [3.8, 4) is 0 Å². The van der Waals surface area contributed by atoms with Crippen molar-refractivity contribution in [3.05, 3.63) is 72.1 Å². The van der Waals surface area contributed by atoms with Gasteiger partial charge >= 0.3 is 0 Å². The molecule has 0 bridgehead atoms. The van der Waals surface area contributed by atoms with Crippen molar-refractivity contribution in [2.24, 2.45) is 0 Å². The third kappa shape index (κ3) is 2.59. The van der Waals surface area contributed by atoms with Gasteiger partial charge in [-0.15, -0.1) is 0 Å². The maximum Gasteiger partial charge on any atom is 0.0314 e. The Kier molecular flexibility index (Phi) is 2.72. The average molecular weight is 196 g/mol. The van der Waals surface area contributed by atoms with Gasteiger partial charge in [-0.2, -0.15) is 0 Å². The highest BCUT2D eigenvalue weighted by molar-refractivity contribution is 5.40. The van der Waals surface area contributed by atoms with Gasteiger partial charge < -0.3 is 5.73 Å². The highest BCUT2D eigenvalue weighted by atomic mass is 14.5. The molecule has 1 nitrogen and oxygen atoms in total. The monoisotopic (exact) mass is 196 g/mol. The molecule has 0 fully saturated rings. The predicted molar refractivity (Wildman–Crippen MR) is 64.6 cm³/mol. The molecule has 75 valence electrons. The molecule has 2 aromatic carbocycles. The van der Waals surface area contributed by atoms with Crippen LogP contribution in [-0.4, -0.2) is 0 Å². The molecule has 0 atom stereocenters. The van der Waals surface area contributed by atoms with Crippen molar-refractivity contribution in [1.82, 2.24) is 0 Å². The van der Waals surface area contributed by atoms with Crippen LogP contribution in [0.2, 0.25) is 0 Å². The summed E-state index contributed by atoms with van der Waals surface area (Å²) >= 11 is 0. The summed E-state index contributed by atoms with van der Waals surface area (Å²) < 4.78 is 0. The van der Waals surface area contributed by atoms with Gasteiger partial charge in [-0.25, -0.2) is 0 Å². The summed E-state index contributed by atoms with van der Waals surface area (Å²) in [5.74, 6) is 0. The fourth-order valence-corrected chi connectivity index (χ4v) is 1.53. The van der Waals surface area contributed by atoms with Crippen LogP contribution in [0, 0.1) is 6.92 Å². The Morgan fingerprint density at radius 2 is 1.27 bits per heavy atom. The van der Waals surface area contributed by atoms with Gasteiger partial charge in [0.1, 0.15) is 0 Å². The largest absolute Gasteiger partial charge is 0.399 e. The lowest BCUT2D eigenvalue weighted by Crippen LogP contribution is -1.89. The van der Waals surface area contributed by atoms with Gasteiger partial charge in [0.15, 0.2) is 0 Å². The van der Waals surface area contributed by atoms with Crippen molar-refractivity contribution in [3.63, 3.8) is 0 Å². The lowest BCUT2D eigenvalue weighted by atomic mass is 10.0. The maximum atomic E-state index is 5.63. The summed E-state index contributed by atoms with van der Waals surface area (Å²) in [6.45, 7) is 3.86. The molecule has 2 rings (SSSR count). The van der Waals surface area contributed by atoms with Crippen molar-refractivity contribution < 1.29 is 0 Å². The predicted octanol–water partition coefficient (Wildman–Crippen LogP) is 3.04. The van der Waals surface area contributed by atoms with Crippen LogP contribution in [0.25, 0.3) is 0 Å². The molecule has 0 amide bonds. The zero-order chi connectivity index (χ0) is 10.7. The lowest BCUT2D eigenvalue weighted by Gasteiger charge is -2.02. The number of hydrogen-bond acceptors (Lipinski definition) is 1. The summed E-state index contributed by atoms with van der Waals surface area (Å²) in [6.07, 6.45) is 0.945. The molecule has 0 unspecified atom stereocenters. The number of rotatable bonds is 2. The van der Waals surface area contributed by atoms with Gasteiger partial charge in [0, 0.05) is 5.69 Å². The van der Waals surface area contributed by atoms with Crippen LogP contribution in [0.15, 0.2) is 48.5 Å². The minimum atomic E-state index is 0.812. The smallest absolute Gasteiger partial charge is 0.0314 e. The Labute approximate surface area is 90.6 Å². The molecule has 0 saturated carbocycles. The fourth-order valence-electron chi connectivity index (χ4n) is 1.53. The molecule has 0 aliphatic carbocycles. The minimum Gasteiger partial charge on any atom is -0.399 e. The maximum absolute atomic E-state index is 5.63. The van der Waals surface area contributed by atoms with Gasteiger partial charge in [-0.1, -0.05) is 36.4 Å². The Bertz CT molecular complexity index is 382. The SMILES string of the molecule is [CH2]c1ccc(Cc2ccc(N)cc2)cc1. The average Bonchev–Trinajstić information content (AvgIpc) is 2.25. The van der Waals surface area contributed by atoms with E-state index in [1.807, 2.05) is 24.3 Å². The Balaban J connectivity index is 2.15. The zero-order valence-electron chi connectivity index (χ0n) is 8.61. The molecule has 2 aromatic rings. The van der Waals surface area contributed by atoms with E-state index < -0.39 is 0 Å².